The number of Topliss-reactive ketones (excluding diaryl/α,β-unsaturated/α-hetero) is 1. The fraction of sp³-hybridized carbons (Fsp3) is 0.155. The van der Waals surface area contributed by atoms with E-state index in [2.05, 4.69) is 15.9 Å². The molecule has 9 rings (SSSR count). The first-order valence-corrected chi connectivity index (χ1v) is 23.3. The Kier molecular flexibility index (Phi) is 15.3. The van der Waals surface area contributed by atoms with E-state index in [9.17, 15) is 13.6 Å². The van der Waals surface area contributed by atoms with Crippen LogP contribution in [0.25, 0.3) is 0 Å². The van der Waals surface area contributed by atoms with Crippen molar-refractivity contribution in [3.05, 3.63) is 243 Å². The van der Waals surface area contributed by atoms with Crippen LogP contribution in [0.1, 0.15) is 55.4 Å². The van der Waals surface area contributed by atoms with E-state index >= 15 is 0 Å². The lowest BCUT2D eigenvalue weighted by atomic mass is 10.00. The van der Waals surface area contributed by atoms with Crippen molar-refractivity contribution in [3.63, 3.8) is 0 Å². The molecule has 0 aliphatic carbocycles. The normalized spacial score (nSPS) is 13.8. The largest absolute Gasteiger partial charge is 0.497 e. The van der Waals surface area contributed by atoms with Crippen LogP contribution in [0.4, 0.5) is 8.78 Å². The van der Waals surface area contributed by atoms with E-state index < -0.39 is 12.2 Å². The lowest BCUT2D eigenvalue weighted by Crippen LogP contribution is -2.12. The molecular weight excluding hydrogens is 959 g/mol. The molecule has 0 bridgehead atoms. The third-order valence-corrected chi connectivity index (χ3v) is 12.1. The number of epoxide rings is 1. The van der Waals surface area contributed by atoms with Gasteiger partial charge in [-0.25, -0.2) is 8.78 Å². The smallest absolute Gasteiger partial charge is 0.203 e. The fourth-order valence-corrected chi connectivity index (χ4v) is 8.13. The van der Waals surface area contributed by atoms with E-state index in [4.69, 9.17) is 37.9 Å². The highest BCUT2D eigenvalue weighted by Crippen LogP contribution is 2.54. The Morgan fingerprint density at radius 1 is 0.471 bits per heavy atom. The lowest BCUT2D eigenvalue weighted by molar-refractivity contribution is 0.0952. The maximum Gasteiger partial charge on any atom is 0.203 e. The van der Waals surface area contributed by atoms with Crippen molar-refractivity contribution in [1.82, 2.24) is 0 Å². The first-order valence-electron chi connectivity index (χ1n) is 22.5. The number of methoxy groups -OCH3 is 1. The SMILES string of the molecule is COc1ccc(COc2c(Br)c(OCc3ccc(F)cc3)cc(OCc3ccc(F)cc3)c2C2OC2C(=O)c2cc(OCc3ccccc3)c(OCc3ccccc3)c(OCc3ccccc3)c2)cc1. The Bertz CT molecular complexity index is 2930. The minimum absolute atomic E-state index is 0.0320. The summed E-state index contributed by atoms with van der Waals surface area (Å²) in [5.41, 5.74) is 5.70. The van der Waals surface area contributed by atoms with Gasteiger partial charge in [0.05, 0.1) is 12.7 Å². The topological polar surface area (TPSA) is 94.2 Å². The highest BCUT2D eigenvalue weighted by molar-refractivity contribution is 9.10. The van der Waals surface area contributed by atoms with Crippen LogP contribution >= 0.6 is 15.9 Å². The number of halogens is 3. The van der Waals surface area contributed by atoms with Gasteiger partial charge in [-0.2, -0.15) is 0 Å². The van der Waals surface area contributed by atoms with E-state index in [0.29, 0.717) is 55.8 Å². The summed E-state index contributed by atoms with van der Waals surface area (Å²) in [6, 6.07) is 53.6. The van der Waals surface area contributed by atoms with Gasteiger partial charge in [-0.15, -0.1) is 0 Å². The molecule has 70 heavy (non-hydrogen) atoms. The molecule has 8 aromatic carbocycles. The zero-order valence-electron chi connectivity index (χ0n) is 38.0. The summed E-state index contributed by atoms with van der Waals surface area (Å²) in [5, 5.41) is 0. The van der Waals surface area contributed by atoms with Crippen LogP contribution in [0.5, 0.6) is 40.2 Å². The Morgan fingerprint density at radius 2 is 0.857 bits per heavy atom. The average Bonchev–Trinajstić information content (AvgIpc) is 4.20. The van der Waals surface area contributed by atoms with Crippen molar-refractivity contribution >= 4 is 21.7 Å². The van der Waals surface area contributed by atoms with E-state index in [-0.39, 0.29) is 62.6 Å². The molecule has 0 radical (unpaired) electrons. The molecule has 2 atom stereocenters. The molecule has 0 amide bonds. The first-order chi connectivity index (χ1) is 34.3. The zero-order chi connectivity index (χ0) is 48.2. The molecule has 1 heterocycles. The van der Waals surface area contributed by atoms with Gasteiger partial charge in [0.1, 0.15) is 84.9 Å². The van der Waals surface area contributed by atoms with Crippen LogP contribution in [-0.4, -0.2) is 19.0 Å². The molecule has 1 saturated heterocycles. The summed E-state index contributed by atoms with van der Waals surface area (Å²) in [5.74, 6) is 1.49. The molecule has 1 aliphatic heterocycles. The fourth-order valence-electron chi connectivity index (χ4n) is 7.57. The molecular formula is C58H47BrF2O9. The Hall–Kier alpha value is -7.67. The van der Waals surface area contributed by atoms with Gasteiger partial charge < -0.3 is 37.9 Å². The van der Waals surface area contributed by atoms with E-state index in [0.717, 1.165) is 27.8 Å². The van der Waals surface area contributed by atoms with Crippen molar-refractivity contribution in [2.24, 2.45) is 0 Å². The van der Waals surface area contributed by atoms with Gasteiger partial charge >= 0.3 is 0 Å². The number of ether oxygens (including phenoxy) is 8. The number of carbonyl (C=O) groups excluding carboxylic acids is 1. The van der Waals surface area contributed by atoms with Gasteiger partial charge in [-0.3, -0.25) is 4.79 Å². The van der Waals surface area contributed by atoms with Crippen LogP contribution in [-0.2, 0) is 44.4 Å². The number of hydrogen-bond donors (Lipinski definition) is 0. The van der Waals surface area contributed by atoms with Gasteiger partial charge in [0.15, 0.2) is 23.4 Å². The van der Waals surface area contributed by atoms with Crippen LogP contribution in [0.2, 0.25) is 0 Å². The average molecular weight is 1010 g/mol. The number of benzene rings is 8. The monoisotopic (exact) mass is 1000 g/mol. The number of rotatable bonds is 22. The minimum atomic E-state index is -1.01. The summed E-state index contributed by atoms with van der Waals surface area (Å²) in [4.78, 5) is 15.0. The maximum absolute atomic E-state index is 15.0. The highest BCUT2D eigenvalue weighted by Gasteiger charge is 2.50. The molecule has 2 unspecified atom stereocenters. The van der Waals surface area contributed by atoms with Crippen LogP contribution < -0.4 is 33.2 Å². The summed E-state index contributed by atoms with van der Waals surface area (Å²) >= 11 is 3.77. The highest BCUT2D eigenvalue weighted by atomic mass is 79.9. The third kappa shape index (κ3) is 12.1. The standard InChI is InChI=1S/C58H47BrF2O9/c1-63-47-27-21-43(22-28-47)37-69-56-52(48(64-34-41-17-23-45(60)24-18-41)31-49(53(56)59)65-35-42-19-25-46(61)26-20-42)57-58(70-57)54(62)44-29-50(66-32-38-11-5-2-6-12-38)55(68-36-40-15-9-4-10-16-40)51(30-44)67-33-39-13-7-3-8-14-39/h2-31,57-58H,32-37H2,1H3. The van der Waals surface area contributed by atoms with Crippen LogP contribution in [0, 0.1) is 11.6 Å². The van der Waals surface area contributed by atoms with Gasteiger partial charge in [0.2, 0.25) is 5.75 Å². The lowest BCUT2D eigenvalue weighted by Gasteiger charge is -2.20. The molecule has 354 valence electrons. The molecule has 1 aliphatic rings. The Morgan fingerprint density at radius 3 is 1.31 bits per heavy atom. The van der Waals surface area contributed by atoms with Gasteiger partial charge in [0.25, 0.3) is 0 Å². The molecule has 12 heteroatoms. The van der Waals surface area contributed by atoms with E-state index in [1.807, 2.05) is 115 Å². The van der Waals surface area contributed by atoms with E-state index in [1.165, 1.54) is 24.3 Å². The van der Waals surface area contributed by atoms with Gasteiger partial charge in [-0.05, 0) is 97.8 Å². The predicted octanol–water partition coefficient (Wildman–Crippen LogP) is 13.5. The molecule has 9 nitrogen and oxygen atoms in total. The molecule has 0 saturated carbocycles. The molecule has 0 aromatic heterocycles. The minimum Gasteiger partial charge on any atom is -0.497 e. The quantitative estimate of drug-likeness (QED) is 0.0486. The van der Waals surface area contributed by atoms with Crippen molar-refractivity contribution in [2.75, 3.05) is 7.11 Å². The summed E-state index contributed by atoms with van der Waals surface area (Å²) < 4.78 is 79.0. The molecule has 8 aromatic rings. The van der Waals surface area contributed by atoms with Gasteiger partial charge in [-0.1, -0.05) is 127 Å². The second-order valence-corrected chi connectivity index (χ2v) is 17.2. The molecule has 1 fully saturated rings. The zero-order valence-corrected chi connectivity index (χ0v) is 39.6. The number of ketones is 1. The second kappa shape index (κ2) is 22.6. The summed E-state index contributed by atoms with van der Waals surface area (Å²) in [6.07, 6.45) is -1.87. The van der Waals surface area contributed by atoms with E-state index in [1.54, 1.807) is 49.6 Å². The predicted molar refractivity (Wildman–Crippen MR) is 264 cm³/mol. The Labute approximate surface area is 413 Å². The summed E-state index contributed by atoms with van der Waals surface area (Å²) in [6.45, 7) is 0.813. The number of hydrogen-bond acceptors (Lipinski definition) is 9. The Balaban J connectivity index is 1.09. The maximum atomic E-state index is 15.0. The van der Waals surface area contributed by atoms with Crippen molar-refractivity contribution in [2.45, 2.75) is 51.8 Å². The number of carbonyl (C=O) groups is 1. The van der Waals surface area contributed by atoms with Crippen LogP contribution in [0.15, 0.2) is 186 Å². The van der Waals surface area contributed by atoms with Crippen molar-refractivity contribution in [1.29, 1.82) is 0 Å². The molecule has 0 N–H and O–H groups in total. The molecule has 0 spiro atoms. The second-order valence-electron chi connectivity index (χ2n) is 16.4. The van der Waals surface area contributed by atoms with Crippen LogP contribution in [0.3, 0.4) is 0 Å². The van der Waals surface area contributed by atoms with Crippen molar-refractivity contribution in [3.8, 4) is 40.2 Å². The van der Waals surface area contributed by atoms with Gasteiger partial charge in [0, 0.05) is 11.6 Å². The third-order valence-electron chi connectivity index (χ3n) is 11.4. The first kappa shape index (κ1) is 47.4. The van der Waals surface area contributed by atoms with Crippen molar-refractivity contribution < 1.29 is 51.5 Å². The summed E-state index contributed by atoms with van der Waals surface area (Å²) in [7, 11) is 1.60.